The number of rotatable bonds is 6. The lowest BCUT2D eigenvalue weighted by Crippen LogP contribution is -2.28. The molecule has 1 unspecified atom stereocenters. The van der Waals surface area contributed by atoms with Gasteiger partial charge in [0, 0.05) is 41.5 Å². The highest BCUT2D eigenvalue weighted by molar-refractivity contribution is 6.08. The van der Waals surface area contributed by atoms with Crippen LogP contribution in [0.4, 0.5) is 0 Å². The molecule has 0 aliphatic carbocycles. The van der Waals surface area contributed by atoms with Crippen molar-refractivity contribution in [3.63, 3.8) is 0 Å². The number of aromatic amines is 1. The number of amides is 1. The molecular formula is C25H32N4O3. The number of H-pyrrole nitrogens is 1. The number of hydrogen-bond donors (Lipinski definition) is 3. The summed E-state index contributed by atoms with van der Waals surface area (Å²) < 4.78 is 13.3. The summed E-state index contributed by atoms with van der Waals surface area (Å²) in [4.78, 5) is 16.4. The van der Waals surface area contributed by atoms with E-state index >= 15 is 0 Å². The highest BCUT2D eigenvalue weighted by Crippen LogP contribution is 2.35. The van der Waals surface area contributed by atoms with Crippen molar-refractivity contribution in [3.05, 3.63) is 58.3 Å². The quantitative estimate of drug-likeness (QED) is 0.545. The summed E-state index contributed by atoms with van der Waals surface area (Å²) in [5.41, 5.74) is 4.45. The van der Waals surface area contributed by atoms with E-state index in [0.717, 1.165) is 48.3 Å². The van der Waals surface area contributed by atoms with Gasteiger partial charge < -0.3 is 24.3 Å². The summed E-state index contributed by atoms with van der Waals surface area (Å²) >= 11 is 0. The fraction of sp³-hybridized carbons (Fsp3) is 0.440. The maximum absolute atomic E-state index is 13.4. The second kappa shape index (κ2) is 9.20. The van der Waals surface area contributed by atoms with Crippen molar-refractivity contribution in [2.75, 3.05) is 20.3 Å². The van der Waals surface area contributed by atoms with Crippen LogP contribution in [0.25, 0.3) is 10.9 Å². The van der Waals surface area contributed by atoms with Crippen molar-refractivity contribution < 1.29 is 14.3 Å². The first-order valence-electron chi connectivity index (χ1n) is 11.2. The number of methoxy groups -OCH3 is 1. The van der Waals surface area contributed by atoms with Crippen molar-refractivity contribution in [2.45, 2.75) is 46.2 Å². The van der Waals surface area contributed by atoms with Crippen molar-refractivity contribution >= 4 is 16.8 Å². The van der Waals surface area contributed by atoms with E-state index in [4.69, 9.17) is 14.9 Å². The van der Waals surface area contributed by atoms with E-state index in [9.17, 15) is 4.79 Å². The lowest BCUT2D eigenvalue weighted by molar-refractivity contribution is 0.0517. The number of benzene rings is 1. The Kier molecular flexibility index (Phi) is 6.37. The van der Waals surface area contributed by atoms with Crippen LogP contribution in [0.5, 0.6) is 5.75 Å². The fourth-order valence-electron chi connectivity index (χ4n) is 4.94. The number of nitrogens with one attached hydrogen (secondary N) is 3. The highest BCUT2D eigenvalue weighted by Gasteiger charge is 2.27. The molecule has 1 aromatic carbocycles. The Bertz CT molecular complexity index is 1190. The molecule has 3 N–H and O–H groups in total. The summed E-state index contributed by atoms with van der Waals surface area (Å²) in [7, 11) is 1.58. The lowest BCUT2D eigenvalue weighted by atomic mass is 9.92. The summed E-state index contributed by atoms with van der Waals surface area (Å²) in [5, 5.41) is 12.2. The van der Waals surface area contributed by atoms with Crippen LogP contribution in [0.3, 0.4) is 0 Å². The molecule has 170 valence electrons. The molecule has 0 spiro atoms. The third-order valence-electron chi connectivity index (χ3n) is 6.65. The fourth-order valence-corrected chi connectivity index (χ4v) is 4.94. The van der Waals surface area contributed by atoms with E-state index in [-0.39, 0.29) is 24.0 Å². The Morgan fingerprint density at radius 3 is 2.75 bits per heavy atom. The van der Waals surface area contributed by atoms with Gasteiger partial charge >= 0.3 is 0 Å². The Hall–Kier alpha value is -3.06. The number of aromatic nitrogens is 2. The molecular weight excluding hydrogens is 404 g/mol. The van der Waals surface area contributed by atoms with Gasteiger partial charge in [-0.1, -0.05) is 18.2 Å². The van der Waals surface area contributed by atoms with Gasteiger partial charge in [0.1, 0.15) is 11.2 Å². The number of nitrogens with zero attached hydrogens (tertiary/aromatic N) is 1. The molecule has 7 heteroatoms. The number of pyridine rings is 1. The van der Waals surface area contributed by atoms with Crippen molar-refractivity contribution in [1.29, 1.82) is 5.41 Å². The van der Waals surface area contributed by atoms with Gasteiger partial charge in [-0.15, -0.1) is 0 Å². The van der Waals surface area contributed by atoms with Crippen LogP contribution < -0.4 is 15.5 Å². The van der Waals surface area contributed by atoms with E-state index < -0.39 is 0 Å². The zero-order chi connectivity index (χ0) is 22.8. The average molecular weight is 437 g/mol. The second-order valence-corrected chi connectivity index (χ2v) is 8.59. The van der Waals surface area contributed by atoms with Gasteiger partial charge in [-0.2, -0.15) is 0 Å². The van der Waals surface area contributed by atoms with E-state index in [1.54, 1.807) is 7.11 Å². The van der Waals surface area contributed by atoms with Crippen molar-refractivity contribution in [2.24, 2.45) is 5.92 Å². The number of carbonyl (C=O) groups is 1. The van der Waals surface area contributed by atoms with E-state index in [0.29, 0.717) is 22.8 Å². The Morgan fingerprint density at radius 1 is 1.31 bits per heavy atom. The molecule has 3 aromatic rings. The smallest absolute Gasteiger partial charge is 0.254 e. The van der Waals surface area contributed by atoms with Gasteiger partial charge in [-0.3, -0.25) is 10.2 Å². The summed E-state index contributed by atoms with van der Waals surface area (Å²) in [6, 6.07) is 10.2. The molecule has 1 saturated heterocycles. The molecule has 1 amide bonds. The van der Waals surface area contributed by atoms with Crippen molar-refractivity contribution in [1.82, 2.24) is 14.9 Å². The van der Waals surface area contributed by atoms with Crippen LogP contribution in [-0.2, 0) is 11.3 Å². The Labute approximate surface area is 188 Å². The second-order valence-electron chi connectivity index (χ2n) is 8.59. The number of aryl methyl sites for hydroxylation is 1. The van der Waals surface area contributed by atoms with E-state index in [2.05, 4.69) is 27.9 Å². The molecule has 2 aromatic heterocycles. The Balaban J connectivity index is 1.67. The predicted octanol–water partition coefficient (Wildman–Crippen LogP) is 3.99. The monoisotopic (exact) mass is 436 g/mol. The summed E-state index contributed by atoms with van der Waals surface area (Å²) in [6.45, 7) is 7.96. The third-order valence-corrected chi connectivity index (χ3v) is 6.65. The number of hydrogen-bond acceptors (Lipinski definition) is 4. The van der Waals surface area contributed by atoms with Crippen LogP contribution >= 0.6 is 0 Å². The van der Waals surface area contributed by atoms with Gasteiger partial charge in [0.2, 0.25) is 0 Å². The first-order valence-corrected chi connectivity index (χ1v) is 11.2. The minimum atomic E-state index is -0.140. The van der Waals surface area contributed by atoms with Gasteiger partial charge in [0.15, 0.2) is 0 Å². The van der Waals surface area contributed by atoms with E-state index in [1.807, 2.05) is 38.1 Å². The highest BCUT2D eigenvalue weighted by atomic mass is 16.5. The Morgan fingerprint density at radius 2 is 2.03 bits per heavy atom. The van der Waals surface area contributed by atoms with E-state index in [1.165, 1.54) is 0 Å². The molecule has 4 rings (SSSR count). The van der Waals surface area contributed by atoms with Crippen LogP contribution in [0.15, 0.2) is 30.3 Å². The van der Waals surface area contributed by atoms with Crippen LogP contribution in [0.1, 0.15) is 53.1 Å². The minimum Gasteiger partial charge on any atom is -0.496 e. The largest absolute Gasteiger partial charge is 0.496 e. The minimum absolute atomic E-state index is 0.140. The predicted molar refractivity (Wildman–Crippen MR) is 124 cm³/mol. The van der Waals surface area contributed by atoms with Crippen LogP contribution in [0, 0.1) is 25.2 Å². The number of fused-ring (bicyclic) bond motifs is 1. The van der Waals surface area contributed by atoms with Gasteiger partial charge in [-0.05, 0) is 51.7 Å². The average Bonchev–Trinajstić information content (AvgIpc) is 3.09. The molecule has 1 fully saturated rings. The first-order chi connectivity index (χ1) is 15.4. The first kappa shape index (κ1) is 22.1. The zero-order valence-electron chi connectivity index (χ0n) is 19.2. The number of para-hydroxylation sites is 1. The zero-order valence-corrected chi connectivity index (χ0v) is 19.2. The molecule has 0 bridgehead atoms. The third kappa shape index (κ3) is 4.05. The van der Waals surface area contributed by atoms with Crippen LogP contribution in [0.2, 0.25) is 0 Å². The lowest BCUT2D eigenvalue weighted by Gasteiger charge is -2.30. The number of ether oxygens (including phenoxy) is 2. The maximum Gasteiger partial charge on any atom is 0.254 e. The van der Waals surface area contributed by atoms with Crippen molar-refractivity contribution in [3.8, 4) is 5.75 Å². The standard InChI is InChI=1S/C25H32N4O3/c1-15-13-22(31-4)20(24(26)28-15)14-27-25(30)23-17(3)29(21-8-6-5-7-19(21)23)16(2)18-9-11-32-12-10-18/h5-8,13,16,18H,9-12,14H2,1-4H3,(H2,26,28)(H,27,30). The topological polar surface area (TPSA) is 92.1 Å². The van der Waals surface area contributed by atoms with Gasteiger partial charge in [0.05, 0.1) is 24.8 Å². The molecule has 1 aliphatic rings. The summed E-state index contributed by atoms with van der Waals surface area (Å²) in [5.74, 6) is 0.977. The SMILES string of the molecule is COc1cc(C)[nH]c(=N)c1CNC(=O)c1c(C)n(C(C)C2CCOCC2)c2ccccc12. The molecule has 7 nitrogen and oxygen atoms in total. The van der Waals surface area contributed by atoms with Gasteiger partial charge in [0.25, 0.3) is 5.91 Å². The number of carbonyl (C=O) groups excluding carboxylic acids is 1. The molecule has 1 atom stereocenters. The molecule has 32 heavy (non-hydrogen) atoms. The molecule has 3 heterocycles. The molecule has 1 aliphatic heterocycles. The summed E-state index contributed by atoms with van der Waals surface area (Å²) in [6.07, 6.45) is 2.06. The maximum atomic E-state index is 13.4. The molecule has 0 radical (unpaired) electrons. The molecule has 0 saturated carbocycles. The van der Waals surface area contributed by atoms with Gasteiger partial charge in [-0.25, -0.2) is 0 Å². The normalized spacial score (nSPS) is 15.6. The van der Waals surface area contributed by atoms with Crippen LogP contribution in [-0.4, -0.2) is 35.8 Å².